The van der Waals surface area contributed by atoms with E-state index < -0.39 is 0 Å². The van der Waals surface area contributed by atoms with Crippen LogP contribution in [0.2, 0.25) is 5.02 Å². The molecule has 0 saturated heterocycles. The molecule has 2 aromatic rings. The minimum absolute atomic E-state index is 0.137. The molecular formula is C14H13ClFN3O2. The normalized spacial score (nSPS) is 16.8. The number of halogens is 2. The van der Waals surface area contributed by atoms with Gasteiger partial charge >= 0.3 is 6.01 Å². The lowest BCUT2D eigenvalue weighted by Gasteiger charge is -2.27. The smallest absolute Gasteiger partial charge is 0.318 e. The molecular weight excluding hydrogens is 297 g/mol. The summed E-state index contributed by atoms with van der Waals surface area (Å²) in [5, 5.41) is 3.57. The number of benzene rings is 1. The summed E-state index contributed by atoms with van der Waals surface area (Å²) in [4.78, 5) is 8.09. The predicted octanol–water partition coefficient (Wildman–Crippen LogP) is 3.21. The van der Waals surface area contributed by atoms with Crippen molar-refractivity contribution in [2.24, 2.45) is 0 Å². The van der Waals surface area contributed by atoms with Crippen molar-refractivity contribution in [2.45, 2.75) is 12.5 Å². The Morgan fingerprint density at radius 2 is 2.33 bits per heavy atom. The Morgan fingerprint density at radius 1 is 1.48 bits per heavy atom. The van der Waals surface area contributed by atoms with E-state index in [4.69, 9.17) is 21.1 Å². The molecule has 0 unspecified atom stereocenters. The molecule has 1 aromatic carbocycles. The zero-order valence-corrected chi connectivity index (χ0v) is 12.0. The Hall–Kier alpha value is -2.08. The van der Waals surface area contributed by atoms with Gasteiger partial charge in [0, 0.05) is 12.0 Å². The van der Waals surface area contributed by atoms with Gasteiger partial charge in [-0.15, -0.1) is 0 Å². The Bertz CT molecular complexity index is 669. The van der Waals surface area contributed by atoms with Gasteiger partial charge in [-0.3, -0.25) is 0 Å². The number of ether oxygens (including phenoxy) is 2. The largest absolute Gasteiger partial charge is 0.490 e. The molecule has 0 saturated carbocycles. The number of anilines is 1. The maximum absolute atomic E-state index is 13.8. The predicted molar refractivity (Wildman–Crippen MR) is 76.5 cm³/mol. The first-order valence-electron chi connectivity index (χ1n) is 6.43. The zero-order chi connectivity index (χ0) is 14.8. The van der Waals surface area contributed by atoms with Gasteiger partial charge in [0.1, 0.15) is 5.02 Å². The third-order valence-corrected chi connectivity index (χ3v) is 3.52. The van der Waals surface area contributed by atoms with Crippen LogP contribution < -0.4 is 14.8 Å². The van der Waals surface area contributed by atoms with Crippen LogP contribution in [0.3, 0.4) is 0 Å². The number of aromatic nitrogens is 2. The molecule has 0 fully saturated rings. The van der Waals surface area contributed by atoms with Gasteiger partial charge in [-0.2, -0.15) is 4.98 Å². The van der Waals surface area contributed by atoms with Gasteiger partial charge < -0.3 is 14.8 Å². The van der Waals surface area contributed by atoms with Crippen molar-refractivity contribution in [3.05, 3.63) is 40.8 Å². The van der Waals surface area contributed by atoms with Crippen LogP contribution in [0.15, 0.2) is 24.4 Å². The summed E-state index contributed by atoms with van der Waals surface area (Å²) in [7, 11) is 1.48. The molecule has 1 aliphatic heterocycles. The van der Waals surface area contributed by atoms with E-state index >= 15 is 0 Å². The minimum Gasteiger partial charge on any atom is -0.490 e. The number of para-hydroxylation sites is 1. The summed E-state index contributed by atoms with van der Waals surface area (Å²) in [6.07, 6.45) is 2.14. The lowest BCUT2D eigenvalue weighted by molar-refractivity contribution is 0.260. The van der Waals surface area contributed by atoms with Crippen LogP contribution in [-0.4, -0.2) is 23.7 Å². The average Bonchev–Trinajstić information content (AvgIpc) is 2.50. The van der Waals surface area contributed by atoms with E-state index in [-0.39, 0.29) is 23.6 Å². The van der Waals surface area contributed by atoms with Crippen LogP contribution in [-0.2, 0) is 0 Å². The van der Waals surface area contributed by atoms with Crippen molar-refractivity contribution in [3.8, 4) is 11.8 Å². The first-order valence-corrected chi connectivity index (χ1v) is 6.81. The quantitative estimate of drug-likeness (QED) is 0.943. The van der Waals surface area contributed by atoms with Crippen molar-refractivity contribution in [3.63, 3.8) is 0 Å². The number of hydrogen-bond donors (Lipinski definition) is 1. The number of nitrogens with zero attached hydrogens (tertiary/aromatic N) is 2. The van der Waals surface area contributed by atoms with E-state index in [1.807, 2.05) is 6.07 Å². The molecule has 0 spiro atoms. The van der Waals surface area contributed by atoms with Crippen LogP contribution >= 0.6 is 11.6 Å². The molecule has 1 aromatic heterocycles. The van der Waals surface area contributed by atoms with Gasteiger partial charge in [-0.25, -0.2) is 9.37 Å². The maximum Gasteiger partial charge on any atom is 0.318 e. The third-order valence-electron chi connectivity index (χ3n) is 3.24. The van der Waals surface area contributed by atoms with E-state index in [9.17, 15) is 4.39 Å². The SMILES string of the molecule is COc1ncc(Cl)c(N[C@H]2CCOc3c(F)cccc32)n1. The van der Waals surface area contributed by atoms with Gasteiger partial charge in [-0.05, 0) is 6.07 Å². The average molecular weight is 310 g/mol. The monoisotopic (exact) mass is 309 g/mol. The summed E-state index contributed by atoms with van der Waals surface area (Å²) >= 11 is 6.08. The second-order valence-corrected chi connectivity index (χ2v) is 4.95. The Morgan fingerprint density at radius 3 is 3.14 bits per heavy atom. The van der Waals surface area contributed by atoms with Crippen molar-refractivity contribution in [1.82, 2.24) is 9.97 Å². The highest BCUT2D eigenvalue weighted by Gasteiger charge is 2.25. The molecule has 0 bridgehead atoms. The first-order chi connectivity index (χ1) is 10.2. The summed E-state index contributed by atoms with van der Waals surface area (Å²) in [6.45, 7) is 0.422. The number of rotatable bonds is 3. The lowest BCUT2D eigenvalue weighted by atomic mass is 10.0. The van der Waals surface area contributed by atoms with Gasteiger partial charge in [0.05, 0.1) is 26.0 Å². The third kappa shape index (κ3) is 2.71. The molecule has 0 aliphatic carbocycles. The summed E-state index contributed by atoms with van der Waals surface area (Å²) in [6, 6.07) is 4.93. The van der Waals surface area contributed by atoms with Gasteiger partial charge in [0.2, 0.25) is 0 Å². The number of nitrogens with one attached hydrogen (secondary N) is 1. The summed E-state index contributed by atoms with van der Waals surface area (Å²) < 4.78 is 24.1. The molecule has 0 amide bonds. The second kappa shape index (κ2) is 5.73. The van der Waals surface area contributed by atoms with E-state index in [0.717, 1.165) is 5.56 Å². The maximum atomic E-state index is 13.8. The van der Waals surface area contributed by atoms with Crippen LogP contribution in [0.1, 0.15) is 18.0 Å². The summed E-state index contributed by atoms with van der Waals surface area (Å²) in [5.74, 6) is 0.356. The molecule has 0 radical (unpaired) electrons. The number of methoxy groups -OCH3 is 1. The molecule has 1 N–H and O–H groups in total. The fourth-order valence-electron chi connectivity index (χ4n) is 2.25. The number of fused-ring (bicyclic) bond motifs is 1. The van der Waals surface area contributed by atoms with Crippen LogP contribution in [0.25, 0.3) is 0 Å². The highest BCUT2D eigenvalue weighted by atomic mass is 35.5. The standard InChI is InChI=1S/C14H13ClFN3O2/c1-20-14-17-7-9(15)13(19-14)18-11-5-6-21-12-8(11)3-2-4-10(12)16/h2-4,7,11H,5-6H2,1H3,(H,17,18,19)/t11-/m0/s1. The van der Waals surface area contributed by atoms with Gasteiger partial charge in [0.15, 0.2) is 17.4 Å². The van der Waals surface area contributed by atoms with Crippen LogP contribution in [0, 0.1) is 5.82 Å². The van der Waals surface area contributed by atoms with Crippen LogP contribution in [0.4, 0.5) is 10.2 Å². The van der Waals surface area contributed by atoms with Crippen molar-refractivity contribution >= 4 is 17.4 Å². The molecule has 21 heavy (non-hydrogen) atoms. The Kier molecular flexibility index (Phi) is 3.79. The van der Waals surface area contributed by atoms with E-state index in [1.165, 1.54) is 19.4 Å². The molecule has 5 nitrogen and oxygen atoms in total. The van der Waals surface area contributed by atoms with Crippen molar-refractivity contribution < 1.29 is 13.9 Å². The number of hydrogen-bond acceptors (Lipinski definition) is 5. The van der Waals surface area contributed by atoms with Crippen LogP contribution in [0.5, 0.6) is 11.8 Å². The fraction of sp³-hybridized carbons (Fsp3) is 0.286. The topological polar surface area (TPSA) is 56.3 Å². The molecule has 3 rings (SSSR count). The van der Waals surface area contributed by atoms with Gasteiger partial charge in [0.25, 0.3) is 0 Å². The second-order valence-electron chi connectivity index (χ2n) is 4.55. The first kappa shape index (κ1) is 13.9. The Balaban J connectivity index is 1.92. The highest BCUT2D eigenvalue weighted by Crippen LogP contribution is 2.36. The van der Waals surface area contributed by atoms with E-state index in [2.05, 4.69) is 15.3 Å². The molecule has 1 aliphatic rings. The minimum atomic E-state index is -0.370. The Labute approximate surface area is 126 Å². The molecule has 7 heteroatoms. The van der Waals surface area contributed by atoms with Crippen molar-refractivity contribution in [1.29, 1.82) is 0 Å². The molecule has 1 atom stereocenters. The fourth-order valence-corrected chi connectivity index (χ4v) is 2.40. The molecule has 2 heterocycles. The van der Waals surface area contributed by atoms with E-state index in [1.54, 1.807) is 6.07 Å². The van der Waals surface area contributed by atoms with Gasteiger partial charge in [-0.1, -0.05) is 23.7 Å². The summed E-state index contributed by atoms with van der Waals surface area (Å²) in [5.41, 5.74) is 0.745. The molecule has 110 valence electrons. The highest BCUT2D eigenvalue weighted by molar-refractivity contribution is 6.32. The van der Waals surface area contributed by atoms with Crippen molar-refractivity contribution in [2.75, 3.05) is 19.0 Å². The van der Waals surface area contributed by atoms with E-state index in [0.29, 0.717) is 23.9 Å². The lowest BCUT2D eigenvalue weighted by Crippen LogP contribution is -2.21. The zero-order valence-electron chi connectivity index (χ0n) is 11.3.